The summed E-state index contributed by atoms with van der Waals surface area (Å²) in [4.78, 5) is 0. The van der Waals surface area contributed by atoms with E-state index >= 15 is 0 Å². The van der Waals surface area contributed by atoms with E-state index in [9.17, 15) is 29.9 Å². The first-order valence-electron chi connectivity index (χ1n) is 10.8. The third-order valence-electron chi connectivity index (χ3n) is 5.60. The fraction of sp³-hybridized carbons (Fsp3) is 0.591. The molecule has 1 aromatic carbocycles. The lowest BCUT2D eigenvalue weighted by atomic mass is 9.98. The van der Waals surface area contributed by atoms with Crippen molar-refractivity contribution in [3.63, 3.8) is 0 Å². The summed E-state index contributed by atoms with van der Waals surface area (Å²) in [5.74, 6) is -3.09. The van der Waals surface area contributed by atoms with Crippen LogP contribution in [0.25, 0.3) is 0 Å². The van der Waals surface area contributed by atoms with Crippen molar-refractivity contribution < 1.29 is 44.1 Å². The first-order valence-corrected chi connectivity index (χ1v) is 10.8. The second-order valence-electron chi connectivity index (χ2n) is 8.27. The molecule has 5 atom stereocenters. The summed E-state index contributed by atoms with van der Waals surface area (Å²) in [5.41, 5.74) is 1.36. The Balaban J connectivity index is 1.98. The van der Waals surface area contributed by atoms with Gasteiger partial charge in [0, 0.05) is 29.8 Å². The first kappa shape index (κ1) is 25.3. The van der Waals surface area contributed by atoms with Crippen LogP contribution in [0, 0.1) is 12.7 Å². The van der Waals surface area contributed by atoms with E-state index in [2.05, 4.69) is 5.10 Å². The molecular formula is C22H31FN2O8. The molecular weight excluding hydrogens is 439 g/mol. The quantitative estimate of drug-likeness (QED) is 0.346. The number of aliphatic hydroxyl groups is 5. The van der Waals surface area contributed by atoms with Crippen molar-refractivity contribution in [2.45, 2.75) is 70.5 Å². The van der Waals surface area contributed by atoms with Crippen LogP contribution in [0.4, 0.5) is 4.39 Å². The van der Waals surface area contributed by atoms with Crippen molar-refractivity contribution >= 4 is 0 Å². The maximum Gasteiger partial charge on any atom is 0.356 e. The zero-order valence-corrected chi connectivity index (χ0v) is 19.0. The largest absolute Gasteiger partial charge is 0.494 e. The molecule has 1 aromatic heterocycles. The van der Waals surface area contributed by atoms with Crippen molar-refractivity contribution in [3.05, 3.63) is 40.8 Å². The molecule has 0 aliphatic carbocycles. The van der Waals surface area contributed by atoms with Gasteiger partial charge >= 0.3 is 5.97 Å². The smallest absolute Gasteiger partial charge is 0.356 e. The van der Waals surface area contributed by atoms with Gasteiger partial charge in [-0.05, 0) is 39.3 Å². The predicted molar refractivity (Wildman–Crippen MR) is 113 cm³/mol. The lowest BCUT2D eigenvalue weighted by Crippen LogP contribution is -2.67. The Hall–Kier alpha value is -2.28. The van der Waals surface area contributed by atoms with Crippen molar-refractivity contribution in [3.8, 4) is 11.6 Å². The molecule has 0 radical (unpaired) electrons. The Kier molecular flexibility index (Phi) is 7.62. The molecule has 5 N–H and O–H groups in total. The van der Waals surface area contributed by atoms with E-state index in [1.807, 2.05) is 13.8 Å². The van der Waals surface area contributed by atoms with Crippen LogP contribution >= 0.6 is 0 Å². The van der Waals surface area contributed by atoms with E-state index in [0.717, 1.165) is 0 Å². The van der Waals surface area contributed by atoms with Crippen molar-refractivity contribution in [2.75, 3.05) is 13.2 Å². The lowest BCUT2D eigenvalue weighted by Gasteiger charge is -2.43. The van der Waals surface area contributed by atoms with E-state index in [1.54, 1.807) is 30.7 Å². The van der Waals surface area contributed by atoms with Gasteiger partial charge < -0.3 is 39.7 Å². The molecule has 2 heterocycles. The zero-order valence-electron chi connectivity index (χ0n) is 19.0. The predicted octanol–water partition coefficient (Wildman–Crippen LogP) is 0.400. The number of aromatic nitrogens is 2. The number of rotatable bonds is 8. The van der Waals surface area contributed by atoms with Crippen LogP contribution in [0.5, 0.6) is 11.6 Å². The van der Waals surface area contributed by atoms with Gasteiger partial charge in [0.2, 0.25) is 5.88 Å². The number of hydrogen-bond donors (Lipinski definition) is 5. The maximum absolute atomic E-state index is 14.7. The standard InChI is InChI=1S/C22H31FN2O8/c1-5-31-14-7-6-13(16(23)9-14)8-15-12(4)25(11(2)3)24-21(15)33-22(30)20(29)19(28)18(27)17(10-26)32-22/h6-7,9,11,17-20,26-30H,5,8,10H2,1-4H3/t17-,18-,19-,20-,22?/m1/s1. The highest BCUT2D eigenvalue weighted by atomic mass is 19.1. The number of ether oxygens (including phenoxy) is 3. The van der Waals surface area contributed by atoms with Gasteiger partial charge in [-0.25, -0.2) is 4.39 Å². The van der Waals surface area contributed by atoms with Crippen molar-refractivity contribution in [1.29, 1.82) is 0 Å². The average molecular weight is 470 g/mol. The monoisotopic (exact) mass is 470 g/mol. The van der Waals surface area contributed by atoms with Crippen LogP contribution in [0.2, 0.25) is 0 Å². The van der Waals surface area contributed by atoms with E-state index in [0.29, 0.717) is 29.2 Å². The molecule has 0 spiro atoms. The lowest BCUT2D eigenvalue weighted by molar-refractivity contribution is -0.423. The van der Waals surface area contributed by atoms with Gasteiger partial charge in [0.1, 0.15) is 29.9 Å². The Morgan fingerprint density at radius 3 is 2.52 bits per heavy atom. The molecule has 1 aliphatic rings. The van der Waals surface area contributed by atoms with Crippen LogP contribution in [0.3, 0.4) is 0 Å². The van der Waals surface area contributed by atoms with Crippen molar-refractivity contribution in [1.82, 2.24) is 9.78 Å². The molecule has 10 nitrogen and oxygen atoms in total. The summed E-state index contributed by atoms with van der Waals surface area (Å²) in [6.07, 6.45) is -6.97. The molecule has 1 saturated heterocycles. The highest BCUT2D eigenvalue weighted by Crippen LogP contribution is 2.35. The minimum atomic E-state index is -2.82. The molecule has 0 saturated carbocycles. The van der Waals surface area contributed by atoms with Crippen LogP contribution in [0.15, 0.2) is 18.2 Å². The second kappa shape index (κ2) is 9.92. The van der Waals surface area contributed by atoms with Gasteiger partial charge in [-0.2, -0.15) is 0 Å². The van der Waals surface area contributed by atoms with Crippen LogP contribution < -0.4 is 9.47 Å². The molecule has 11 heteroatoms. The van der Waals surface area contributed by atoms with Gasteiger partial charge in [0.15, 0.2) is 6.10 Å². The average Bonchev–Trinajstić information content (AvgIpc) is 3.06. The molecule has 3 rings (SSSR count). The number of halogens is 1. The molecule has 2 aromatic rings. The molecule has 184 valence electrons. The molecule has 1 unspecified atom stereocenters. The van der Waals surface area contributed by atoms with Gasteiger partial charge in [-0.1, -0.05) is 6.07 Å². The Morgan fingerprint density at radius 1 is 1.24 bits per heavy atom. The van der Waals surface area contributed by atoms with Gasteiger partial charge in [0.25, 0.3) is 0 Å². The van der Waals surface area contributed by atoms with Crippen molar-refractivity contribution in [2.24, 2.45) is 0 Å². The minimum absolute atomic E-state index is 0.0346. The number of nitrogens with zero attached hydrogens (tertiary/aromatic N) is 2. The third kappa shape index (κ3) is 4.98. The van der Waals surface area contributed by atoms with Crippen LogP contribution in [-0.4, -0.2) is 78.9 Å². The third-order valence-corrected chi connectivity index (χ3v) is 5.60. The molecule has 1 aliphatic heterocycles. The summed E-state index contributed by atoms with van der Waals surface area (Å²) in [7, 11) is 0. The topological polar surface area (TPSA) is 147 Å². The summed E-state index contributed by atoms with van der Waals surface area (Å²) in [5, 5.41) is 55.0. The van der Waals surface area contributed by atoms with Gasteiger partial charge in [-0.3, -0.25) is 4.68 Å². The number of aliphatic hydroxyl groups excluding tert-OH is 4. The summed E-state index contributed by atoms with van der Waals surface area (Å²) >= 11 is 0. The van der Waals surface area contributed by atoms with E-state index in [1.165, 1.54) is 6.07 Å². The van der Waals surface area contributed by atoms with Crippen LogP contribution in [-0.2, 0) is 11.2 Å². The summed E-state index contributed by atoms with van der Waals surface area (Å²) in [6.45, 7) is 6.93. The normalized spacial score (nSPS) is 27.7. The summed E-state index contributed by atoms with van der Waals surface area (Å²) < 4.78 is 32.4. The fourth-order valence-corrected chi connectivity index (χ4v) is 3.78. The molecule has 0 bridgehead atoms. The van der Waals surface area contributed by atoms with E-state index in [-0.39, 0.29) is 18.3 Å². The Morgan fingerprint density at radius 2 is 1.94 bits per heavy atom. The fourth-order valence-electron chi connectivity index (χ4n) is 3.78. The highest BCUT2D eigenvalue weighted by Gasteiger charge is 2.55. The molecule has 33 heavy (non-hydrogen) atoms. The van der Waals surface area contributed by atoms with E-state index < -0.39 is 42.8 Å². The number of hydrogen-bond acceptors (Lipinski definition) is 9. The SMILES string of the molecule is CCOc1ccc(Cc2c(OC3(O)O[C@H](CO)[C@@H](O)[C@@H](O)[C@H]3O)nn(C(C)C)c2C)c(F)c1. The molecule has 0 amide bonds. The number of benzene rings is 1. The minimum Gasteiger partial charge on any atom is -0.494 e. The summed E-state index contributed by atoms with van der Waals surface area (Å²) in [6, 6.07) is 4.36. The highest BCUT2D eigenvalue weighted by molar-refractivity contribution is 5.39. The van der Waals surface area contributed by atoms with Gasteiger partial charge in [-0.15, -0.1) is 5.10 Å². The Labute approximate surface area is 190 Å². The van der Waals surface area contributed by atoms with Gasteiger partial charge in [0.05, 0.1) is 13.2 Å². The second-order valence-corrected chi connectivity index (χ2v) is 8.27. The first-order chi connectivity index (χ1) is 15.5. The zero-order chi connectivity index (χ0) is 24.5. The molecule has 1 fully saturated rings. The maximum atomic E-state index is 14.7. The van der Waals surface area contributed by atoms with E-state index in [4.69, 9.17) is 14.2 Å². The Bertz CT molecular complexity index is 966. The van der Waals surface area contributed by atoms with Crippen LogP contribution in [0.1, 0.15) is 43.6 Å².